The fourth-order valence-electron chi connectivity index (χ4n) is 2.01. The molecule has 0 aliphatic heterocycles. The van der Waals surface area contributed by atoms with Crippen LogP contribution < -0.4 is 5.32 Å². The third kappa shape index (κ3) is 6.74. The lowest BCUT2D eigenvalue weighted by molar-refractivity contribution is -0.145. The lowest BCUT2D eigenvalue weighted by Crippen LogP contribution is -2.28. The van der Waals surface area contributed by atoms with Crippen LogP contribution in [-0.4, -0.2) is 37.3 Å². The number of esters is 2. The zero-order valence-corrected chi connectivity index (χ0v) is 15.4. The maximum atomic E-state index is 13.4. The van der Waals surface area contributed by atoms with Crippen LogP contribution in [-0.2, 0) is 25.6 Å². The van der Waals surface area contributed by atoms with Crippen LogP contribution in [0, 0.1) is 5.82 Å². The van der Waals surface area contributed by atoms with Crippen LogP contribution in [0.15, 0.2) is 53.4 Å². The van der Waals surface area contributed by atoms with Crippen LogP contribution in [0.2, 0.25) is 0 Å². The van der Waals surface area contributed by atoms with Gasteiger partial charge in [0.1, 0.15) is 5.82 Å². The fourth-order valence-corrected chi connectivity index (χ4v) is 2.75. The van der Waals surface area contributed by atoms with Crippen molar-refractivity contribution in [3.63, 3.8) is 0 Å². The zero-order valence-electron chi connectivity index (χ0n) is 14.6. The Morgan fingerprint density at radius 2 is 1.78 bits per heavy atom. The summed E-state index contributed by atoms with van der Waals surface area (Å²) in [6.45, 7) is -0.196. The Bertz CT molecular complexity index is 810. The van der Waals surface area contributed by atoms with E-state index in [1.807, 2.05) is 0 Å². The maximum absolute atomic E-state index is 13.4. The quantitative estimate of drug-likeness (QED) is 0.550. The summed E-state index contributed by atoms with van der Waals surface area (Å²) in [4.78, 5) is 35.1. The molecule has 0 aromatic heterocycles. The average molecular weight is 391 g/mol. The lowest BCUT2D eigenvalue weighted by Gasteiger charge is -2.07. The second kappa shape index (κ2) is 10.3. The summed E-state index contributed by atoms with van der Waals surface area (Å²) in [5.41, 5.74) is 1.19. The van der Waals surface area contributed by atoms with E-state index >= 15 is 0 Å². The van der Waals surface area contributed by atoms with Crippen molar-refractivity contribution in [1.29, 1.82) is 0 Å². The van der Waals surface area contributed by atoms with Crippen molar-refractivity contribution in [3.05, 3.63) is 65.5 Å². The van der Waals surface area contributed by atoms with Gasteiger partial charge in [-0.05, 0) is 29.8 Å². The first kappa shape index (κ1) is 20.4. The van der Waals surface area contributed by atoms with Crippen LogP contribution in [0.3, 0.4) is 0 Å². The minimum atomic E-state index is -0.610. The summed E-state index contributed by atoms with van der Waals surface area (Å²) < 4.78 is 22.9. The molecule has 27 heavy (non-hydrogen) atoms. The number of benzene rings is 2. The molecule has 6 nitrogen and oxygen atoms in total. The van der Waals surface area contributed by atoms with Crippen LogP contribution >= 0.6 is 11.8 Å². The highest BCUT2D eigenvalue weighted by atomic mass is 32.2. The number of nitrogens with one attached hydrogen (secondary N) is 1. The number of amides is 1. The molecule has 0 spiro atoms. The second-order valence-corrected chi connectivity index (χ2v) is 6.36. The minimum Gasteiger partial charge on any atom is -0.465 e. The zero-order chi connectivity index (χ0) is 19.6. The van der Waals surface area contributed by atoms with Gasteiger partial charge in [0.2, 0.25) is 0 Å². The monoisotopic (exact) mass is 391 g/mol. The molecule has 0 unspecified atom stereocenters. The highest BCUT2D eigenvalue weighted by molar-refractivity contribution is 8.00. The first-order valence-electron chi connectivity index (χ1n) is 7.96. The molecule has 2 aromatic carbocycles. The molecule has 0 radical (unpaired) electrons. The molecule has 8 heteroatoms. The summed E-state index contributed by atoms with van der Waals surface area (Å²) in [5.74, 6) is -2.02. The van der Waals surface area contributed by atoms with Gasteiger partial charge < -0.3 is 14.8 Å². The first-order chi connectivity index (χ1) is 13.0. The van der Waals surface area contributed by atoms with E-state index in [1.54, 1.807) is 42.5 Å². The van der Waals surface area contributed by atoms with Gasteiger partial charge >= 0.3 is 11.9 Å². The molecule has 0 aliphatic carbocycles. The normalized spacial score (nSPS) is 10.1. The molecule has 0 saturated heterocycles. The lowest BCUT2D eigenvalue weighted by atomic mass is 10.1. The molecular weight excluding hydrogens is 373 g/mol. The van der Waals surface area contributed by atoms with Crippen molar-refractivity contribution >= 4 is 29.6 Å². The molecule has 2 aromatic rings. The largest absolute Gasteiger partial charge is 0.465 e. The summed E-state index contributed by atoms with van der Waals surface area (Å²) >= 11 is 1.00. The predicted molar refractivity (Wildman–Crippen MR) is 97.7 cm³/mol. The van der Waals surface area contributed by atoms with Gasteiger partial charge in [-0.1, -0.05) is 24.3 Å². The fraction of sp³-hybridized carbons (Fsp3) is 0.211. The molecule has 0 aliphatic rings. The van der Waals surface area contributed by atoms with Gasteiger partial charge in [0.25, 0.3) is 5.91 Å². The highest BCUT2D eigenvalue weighted by Crippen LogP contribution is 2.20. The highest BCUT2D eigenvalue weighted by Gasteiger charge is 2.10. The van der Waals surface area contributed by atoms with E-state index in [2.05, 4.69) is 10.1 Å². The molecule has 1 amide bonds. The number of halogens is 1. The third-order valence-electron chi connectivity index (χ3n) is 3.41. The molecule has 2 rings (SSSR count). The molecule has 0 fully saturated rings. The molecule has 142 valence electrons. The van der Waals surface area contributed by atoms with Gasteiger partial charge in [0.05, 0.1) is 18.4 Å². The molecule has 1 N–H and O–H groups in total. The number of ether oxygens (including phenoxy) is 2. The number of thioether (sulfide) groups is 1. The molecule has 0 heterocycles. The van der Waals surface area contributed by atoms with Crippen molar-refractivity contribution in [2.24, 2.45) is 0 Å². The van der Waals surface area contributed by atoms with E-state index in [4.69, 9.17) is 4.74 Å². The summed E-state index contributed by atoms with van der Waals surface area (Å²) in [6.07, 6.45) is 0. The second-order valence-electron chi connectivity index (χ2n) is 5.35. The number of carbonyl (C=O) groups excluding carboxylic acids is 3. The molecular formula is C19H18FNO5S. The predicted octanol–water partition coefficient (Wildman–Crippen LogP) is 2.56. The van der Waals surface area contributed by atoms with Gasteiger partial charge in [-0.3, -0.25) is 9.59 Å². The van der Waals surface area contributed by atoms with E-state index in [0.717, 1.165) is 17.3 Å². The number of methoxy groups -OCH3 is 1. The average Bonchev–Trinajstić information content (AvgIpc) is 2.69. The number of hydrogen-bond acceptors (Lipinski definition) is 6. The van der Waals surface area contributed by atoms with Crippen molar-refractivity contribution < 1.29 is 28.2 Å². The van der Waals surface area contributed by atoms with Gasteiger partial charge in [0, 0.05) is 11.4 Å². The molecule has 0 bridgehead atoms. The minimum absolute atomic E-state index is 0.0940. The Labute approximate surface area is 160 Å². The van der Waals surface area contributed by atoms with Crippen molar-refractivity contribution in [2.45, 2.75) is 11.4 Å². The number of carbonyl (C=O) groups is 3. The Balaban J connectivity index is 1.69. The van der Waals surface area contributed by atoms with E-state index in [-0.39, 0.29) is 12.3 Å². The Morgan fingerprint density at radius 1 is 1.07 bits per heavy atom. The van der Waals surface area contributed by atoms with Crippen molar-refractivity contribution in [1.82, 2.24) is 5.32 Å². The van der Waals surface area contributed by atoms with Gasteiger partial charge in [-0.2, -0.15) is 0 Å². The summed E-state index contributed by atoms with van der Waals surface area (Å²) in [7, 11) is 1.30. The smallest absolute Gasteiger partial charge is 0.337 e. The Kier molecular flexibility index (Phi) is 7.81. The molecule has 0 saturated carbocycles. The topological polar surface area (TPSA) is 81.7 Å². The van der Waals surface area contributed by atoms with E-state index < -0.39 is 30.3 Å². The van der Waals surface area contributed by atoms with Crippen LogP contribution in [0.1, 0.15) is 15.9 Å². The van der Waals surface area contributed by atoms with Crippen LogP contribution in [0.25, 0.3) is 0 Å². The van der Waals surface area contributed by atoms with Crippen molar-refractivity contribution in [3.8, 4) is 0 Å². The first-order valence-corrected chi connectivity index (χ1v) is 8.95. The van der Waals surface area contributed by atoms with E-state index in [1.165, 1.54) is 13.2 Å². The van der Waals surface area contributed by atoms with E-state index in [0.29, 0.717) is 10.5 Å². The SMILES string of the molecule is COC(=O)c1ccc(CNC(=O)COC(=O)CSc2ccccc2F)cc1. The van der Waals surface area contributed by atoms with Gasteiger partial charge in [-0.15, -0.1) is 11.8 Å². The summed E-state index contributed by atoms with van der Waals surface area (Å²) in [6, 6.07) is 12.6. The maximum Gasteiger partial charge on any atom is 0.337 e. The van der Waals surface area contributed by atoms with Crippen LogP contribution in [0.5, 0.6) is 0 Å². The summed E-state index contributed by atoms with van der Waals surface area (Å²) in [5, 5.41) is 2.60. The standard InChI is InChI=1S/C19H18FNO5S/c1-25-19(24)14-8-6-13(7-9-14)10-21-17(22)11-26-18(23)12-27-16-5-3-2-4-15(16)20/h2-9H,10-12H2,1H3,(H,21,22). The van der Waals surface area contributed by atoms with E-state index in [9.17, 15) is 18.8 Å². The van der Waals surface area contributed by atoms with Gasteiger partial charge in [0.15, 0.2) is 6.61 Å². The third-order valence-corrected chi connectivity index (χ3v) is 4.43. The van der Waals surface area contributed by atoms with Crippen LogP contribution in [0.4, 0.5) is 4.39 Å². The Hall–Kier alpha value is -2.87. The number of hydrogen-bond donors (Lipinski definition) is 1. The van der Waals surface area contributed by atoms with Gasteiger partial charge in [-0.25, -0.2) is 9.18 Å². The van der Waals surface area contributed by atoms with Crippen molar-refractivity contribution in [2.75, 3.05) is 19.5 Å². The number of rotatable bonds is 8. The molecule has 0 atom stereocenters. The Morgan fingerprint density at radius 3 is 2.44 bits per heavy atom.